The number of imidazole rings is 1. The van der Waals surface area contributed by atoms with Gasteiger partial charge in [0.15, 0.2) is 16.5 Å². The van der Waals surface area contributed by atoms with E-state index in [1.54, 1.807) is 36.4 Å². The van der Waals surface area contributed by atoms with Gasteiger partial charge in [0, 0.05) is 41.0 Å². The summed E-state index contributed by atoms with van der Waals surface area (Å²) < 4.78 is 27.0. The van der Waals surface area contributed by atoms with Crippen molar-refractivity contribution in [1.82, 2.24) is 9.38 Å². The lowest BCUT2D eigenvalue weighted by Gasteiger charge is -2.19. The van der Waals surface area contributed by atoms with Crippen molar-refractivity contribution in [2.24, 2.45) is 0 Å². The molecule has 5 rings (SSSR count). The molecule has 1 aliphatic heterocycles. The zero-order valence-corrected chi connectivity index (χ0v) is 16.7. The lowest BCUT2D eigenvalue weighted by Crippen LogP contribution is -2.16. The molecule has 0 radical (unpaired) electrons. The van der Waals surface area contributed by atoms with Gasteiger partial charge >= 0.3 is 0 Å². The van der Waals surface area contributed by atoms with Crippen LogP contribution in [0.5, 0.6) is 11.5 Å². The number of fused-ring (bicyclic) bond motifs is 2. The number of thiazole rings is 1. The highest BCUT2D eigenvalue weighted by Crippen LogP contribution is 2.32. The van der Waals surface area contributed by atoms with Crippen molar-refractivity contribution >= 4 is 27.9 Å². The van der Waals surface area contributed by atoms with Crippen LogP contribution in [0.1, 0.15) is 12.1 Å². The third-order valence-electron chi connectivity index (χ3n) is 4.87. The second-order valence-corrected chi connectivity index (χ2v) is 7.73. The Morgan fingerprint density at radius 1 is 1.17 bits per heavy atom. The lowest BCUT2D eigenvalue weighted by molar-refractivity contribution is -0.116. The molecule has 0 spiro atoms. The minimum Gasteiger partial charge on any atom is -0.486 e. The first kappa shape index (κ1) is 18.6. The smallest absolute Gasteiger partial charge is 0.224 e. The Balaban J connectivity index is 1.27. The second-order valence-electron chi connectivity index (χ2n) is 6.89. The number of amides is 1. The average molecular weight is 423 g/mol. The predicted molar refractivity (Wildman–Crippen MR) is 113 cm³/mol. The van der Waals surface area contributed by atoms with E-state index in [0.717, 1.165) is 10.7 Å². The Bertz CT molecular complexity index is 1230. The van der Waals surface area contributed by atoms with E-state index in [0.29, 0.717) is 54.5 Å². The normalized spacial score (nSPS) is 12.8. The van der Waals surface area contributed by atoms with E-state index in [1.807, 2.05) is 16.0 Å². The maximum atomic E-state index is 14.1. The van der Waals surface area contributed by atoms with Crippen LogP contribution in [0.15, 0.2) is 54.0 Å². The molecule has 4 aromatic rings. The van der Waals surface area contributed by atoms with Gasteiger partial charge in [0.2, 0.25) is 5.91 Å². The summed E-state index contributed by atoms with van der Waals surface area (Å²) in [6, 6.07) is 11.9. The fraction of sp³-hybridized carbons (Fsp3) is 0.182. The van der Waals surface area contributed by atoms with Gasteiger partial charge in [0.25, 0.3) is 0 Å². The number of hydrogen-bond donors (Lipinski definition) is 1. The highest BCUT2D eigenvalue weighted by molar-refractivity contribution is 7.15. The quantitative estimate of drug-likeness (QED) is 0.512. The number of carbonyl (C=O) groups excluding carboxylic acids is 1. The van der Waals surface area contributed by atoms with Gasteiger partial charge in [-0.2, -0.15) is 0 Å². The standard InChI is InChI=1S/C22H18FN3O3S/c23-17-4-2-1-3-16(17)18-12-26-15(13-30-22(26)25-18)6-8-21(27)24-14-5-7-19-20(11-14)29-10-9-28-19/h1-5,7,11-13H,6,8-10H2,(H,24,27). The molecule has 30 heavy (non-hydrogen) atoms. The molecule has 0 atom stereocenters. The van der Waals surface area contributed by atoms with Gasteiger partial charge in [-0.25, -0.2) is 9.37 Å². The Labute approximate surface area is 175 Å². The maximum Gasteiger partial charge on any atom is 0.224 e. The zero-order chi connectivity index (χ0) is 20.5. The average Bonchev–Trinajstić information content (AvgIpc) is 3.33. The van der Waals surface area contributed by atoms with Crippen molar-refractivity contribution in [3.63, 3.8) is 0 Å². The molecule has 152 valence electrons. The van der Waals surface area contributed by atoms with Crippen molar-refractivity contribution in [2.75, 3.05) is 18.5 Å². The minimum absolute atomic E-state index is 0.0968. The number of aryl methyl sites for hydroxylation is 1. The van der Waals surface area contributed by atoms with E-state index in [9.17, 15) is 9.18 Å². The molecule has 2 aromatic heterocycles. The van der Waals surface area contributed by atoms with E-state index in [-0.39, 0.29) is 11.7 Å². The van der Waals surface area contributed by atoms with Crippen LogP contribution in [0.4, 0.5) is 10.1 Å². The molecule has 0 saturated carbocycles. The first-order chi connectivity index (χ1) is 14.7. The van der Waals surface area contributed by atoms with Crippen molar-refractivity contribution in [2.45, 2.75) is 12.8 Å². The predicted octanol–water partition coefficient (Wildman–Crippen LogP) is 4.54. The highest BCUT2D eigenvalue weighted by Gasteiger charge is 2.15. The van der Waals surface area contributed by atoms with Crippen LogP contribution < -0.4 is 14.8 Å². The molecule has 1 N–H and O–H groups in total. The summed E-state index contributed by atoms with van der Waals surface area (Å²) in [5, 5.41) is 4.87. The van der Waals surface area contributed by atoms with Crippen molar-refractivity contribution in [3.8, 4) is 22.8 Å². The second kappa shape index (κ2) is 7.79. The van der Waals surface area contributed by atoms with Gasteiger partial charge in [-0.3, -0.25) is 9.20 Å². The summed E-state index contributed by atoms with van der Waals surface area (Å²) in [6.07, 6.45) is 2.68. The molecule has 8 heteroatoms. The summed E-state index contributed by atoms with van der Waals surface area (Å²) in [7, 11) is 0. The SMILES string of the molecule is O=C(CCc1csc2nc(-c3ccccc3F)cn12)Nc1ccc2c(c1)OCCO2. The first-order valence-corrected chi connectivity index (χ1v) is 10.5. The van der Waals surface area contributed by atoms with Crippen molar-refractivity contribution in [1.29, 1.82) is 0 Å². The molecule has 3 heterocycles. The Hall–Kier alpha value is -3.39. The molecule has 1 amide bonds. The van der Waals surface area contributed by atoms with Gasteiger partial charge < -0.3 is 14.8 Å². The molecule has 0 unspecified atom stereocenters. The number of benzene rings is 2. The third kappa shape index (κ3) is 3.61. The number of carbonyl (C=O) groups is 1. The van der Waals surface area contributed by atoms with E-state index in [2.05, 4.69) is 10.3 Å². The van der Waals surface area contributed by atoms with Gasteiger partial charge in [-0.1, -0.05) is 12.1 Å². The van der Waals surface area contributed by atoms with Gasteiger partial charge in [0.05, 0.1) is 5.69 Å². The number of nitrogens with one attached hydrogen (secondary N) is 1. The van der Waals surface area contributed by atoms with E-state index in [4.69, 9.17) is 9.47 Å². The summed E-state index contributed by atoms with van der Waals surface area (Å²) >= 11 is 1.47. The number of aromatic nitrogens is 2. The van der Waals surface area contributed by atoms with Crippen molar-refractivity contribution in [3.05, 3.63) is 65.6 Å². The molecule has 0 bridgehead atoms. The third-order valence-corrected chi connectivity index (χ3v) is 5.76. The molecule has 0 aliphatic carbocycles. The summed E-state index contributed by atoms with van der Waals surface area (Å²) in [4.78, 5) is 17.7. The summed E-state index contributed by atoms with van der Waals surface area (Å²) in [6.45, 7) is 1.03. The van der Waals surface area contributed by atoms with E-state index < -0.39 is 0 Å². The van der Waals surface area contributed by atoms with Crippen molar-refractivity contribution < 1.29 is 18.7 Å². The molecule has 1 aliphatic rings. The van der Waals surface area contributed by atoms with Crippen LogP contribution in [0, 0.1) is 5.82 Å². The number of anilines is 1. The molecular formula is C22H18FN3O3S. The fourth-order valence-corrected chi connectivity index (χ4v) is 4.30. The minimum atomic E-state index is -0.302. The van der Waals surface area contributed by atoms with Gasteiger partial charge in [-0.15, -0.1) is 11.3 Å². The molecule has 0 fully saturated rings. The van der Waals surface area contributed by atoms with E-state index in [1.165, 1.54) is 17.4 Å². The Morgan fingerprint density at radius 2 is 2.00 bits per heavy atom. The van der Waals surface area contributed by atoms with Crippen LogP contribution in [0.25, 0.3) is 16.2 Å². The van der Waals surface area contributed by atoms with Crippen LogP contribution in [-0.4, -0.2) is 28.5 Å². The van der Waals surface area contributed by atoms with Crippen LogP contribution in [0.3, 0.4) is 0 Å². The van der Waals surface area contributed by atoms with Crippen LogP contribution in [-0.2, 0) is 11.2 Å². The van der Waals surface area contributed by atoms with Crippen LogP contribution in [0.2, 0.25) is 0 Å². The number of rotatable bonds is 5. The summed E-state index contributed by atoms with van der Waals surface area (Å²) in [5.74, 6) is 0.924. The summed E-state index contributed by atoms with van der Waals surface area (Å²) in [5.41, 5.74) is 2.68. The highest BCUT2D eigenvalue weighted by atomic mass is 32.1. The Kier molecular flexibility index (Phi) is 4.84. The molecule has 6 nitrogen and oxygen atoms in total. The monoisotopic (exact) mass is 423 g/mol. The molecular weight excluding hydrogens is 405 g/mol. The number of ether oxygens (including phenoxy) is 2. The van der Waals surface area contributed by atoms with Gasteiger partial charge in [-0.05, 0) is 30.7 Å². The Morgan fingerprint density at radius 3 is 2.87 bits per heavy atom. The number of hydrogen-bond acceptors (Lipinski definition) is 5. The number of nitrogens with zero attached hydrogens (tertiary/aromatic N) is 2. The maximum absolute atomic E-state index is 14.1. The fourth-order valence-electron chi connectivity index (χ4n) is 3.39. The zero-order valence-electron chi connectivity index (χ0n) is 15.9. The van der Waals surface area contributed by atoms with Crippen LogP contribution >= 0.6 is 11.3 Å². The van der Waals surface area contributed by atoms with E-state index >= 15 is 0 Å². The lowest BCUT2D eigenvalue weighted by atomic mass is 10.1. The molecule has 2 aromatic carbocycles. The number of halogens is 1. The largest absolute Gasteiger partial charge is 0.486 e. The topological polar surface area (TPSA) is 64.9 Å². The van der Waals surface area contributed by atoms with Gasteiger partial charge in [0.1, 0.15) is 19.0 Å². The molecule has 0 saturated heterocycles. The first-order valence-electron chi connectivity index (χ1n) is 9.57.